The van der Waals surface area contributed by atoms with E-state index in [0.717, 1.165) is 11.1 Å². The number of amides is 1. The smallest absolute Gasteiger partial charge is 0.221 e. The molecule has 0 bridgehead atoms. The molecule has 5 heteroatoms. The number of carbonyl (C=O) groups is 1. The molecule has 0 atom stereocenters. The number of aromatic nitrogens is 2. The zero-order valence-corrected chi connectivity index (χ0v) is 10.2. The third-order valence-corrected chi connectivity index (χ3v) is 2.41. The van der Waals surface area contributed by atoms with Gasteiger partial charge in [0, 0.05) is 24.9 Å². The van der Waals surface area contributed by atoms with Crippen molar-refractivity contribution in [1.82, 2.24) is 9.97 Å². The first-order chi connectivity index (χ1) is 8.70. The fraction of sp³-hybridized carbons (Fsp3) is 0.154. The molecule has 5 nitrogen and oxygen atoms in total. The second-order valence-corrected chi connectivity index (χ2v) is 3.72. The number of ether oxygens (including phenoxy) is 1. The van der Waals surface area contributed by atoms with Crippen molar-refractivity contribution >= 4 is 11.6 Å². The van der Waals surface area contributed by atoms with Crippen LogP contribution in [0.5, 0.6) is 5.75 Å². The van der Waals surface area contributed by atoms with E-state index < -0.39 is 0 Å². The Morgan fingerprint density at radius 1 is 1.22 bits per heavy atom. The highest BCUT2D eigenvalue weighted by molar-refractivity contribution is 5.91. The quantitative estimate of drug-likeness (QED) is 0.896. The van der Waals surface area contributed by atoms with E-state index in [1.54, 1.807) is 25.6 Å². The molecule has 0 saturated carbocycles. The third kappa shape index (κ3) is 2.63. The Kier molecular flexibility index (Phi) is 3.52. The second kappa shape index (κ2) is 5.27. The van der Waals surface area contributed by atoms with Crippen molar-refractivity contribution in [3.8, 4) is 16.9 Å². The zero-order valence-electron chi connectivity index (χ0n) is 10.2. The monoisotopic (exact) mass is 243 g/mol. The number of methoxy groups -OCH3 is 1. The maximum Gasteiger partial charge on any atom is 0.221 e. The SMILES string of the molecule is COc1cc(-c2cncnc2)ccc1NC(C)=O. The molecule has 18 heavy (non-hydrogen) atoms. The van der Waals surface area contributed by atoms with E-state index in [-0.39, 0.29) is 5.91 Å². The summed E-state index contributed by atoms with van der Waals surface area (Å²) in [7, 11) is 1.56. The first-order valence-electron chi connectivity index (χ1n) is 5.41. The maximum absolute atomic E-state index is 11.0. The zero-order chi connectivity index (χ0) is 13.0. The van der Waals surface area contributed by atoms with Gasteiger partial charge < -0.3 is 10.1 Å². The van der Waals surface area contributed by atoms with Gasteiger partial charge in [-0.15, -0.1) is 0 Å². The molecule has 1 amide bonds. The Bertz CT molecular complexity index is 555. The average molecular weight is 243 g/mol. The van der Waals surface area contributed by atoms with Gasteiger partial charge in [0.2, 0.25) is 5.91 Å². The molecule has 92 valence electrons. The van der Waals surface area contributed by atoms with Crippen LogP contribution in [0.25, 0.3) is 11.1 Å². The van der Waals surface area contributed by atoms with Gasteiger partial charge in [-0.25, -0.2) is 9.97 Å². The molecule has 0 unspecified atom stereocenters. The van der Waals surface area contributed by atoms with E-state index in [1.165, 1.54) is 13.3 Å². The Morgan fingerprint density at radius 2 is 1.94 bits per heavy atom. The van der Waals surface area contributed by atoms with E-state index >= 15 is 0 Å². The molecule has 0 saturated heterocycles. The lowest BCUT2D eigenvalue weighted by atomic mass is 10.1. The van der Waals surface area contributed by atoms with E-state index in [1.807, 2.05) is 12.1 Å². The number of hydrogen-bond acceptors (Lipinski definition) is 4. The Hall–Kier alpha value is -2.43. The molecule has 1 N–H and O–H groups in total. The number of anilines is 1. The molecule has 0 spiro atoms. The summed E-state index contributed by atoms with van der Waals surface area (Å²) in [5.41, 5.74) is 2.47. The number of rotatable bonds is 3. The highest BCUT2D eigenvalue weighted by Crippen LogP contribution is 2.30. The van der Waals surface area contributed by atoms with Crippen molar-refractivity contribution < 1.29 is 9.53 Å². The van der Waals surface area contributed by atoms with Gasteiger partial charge in [-0.2, -0.15) is 0 Å². The summed E-state index contributed by atoms with van der Waals surface area (Å²) in [5, 5.41) is 2.71. The highest BCUT2D eigenvalue weighted by atomic mass is 16.5. The number of carbonyl (C=O) groups excluding carboxylic acids is 1. The van der Waals surface area contributed by atoms with Gasteiger partial charge >= 0.3 is 0 Å². The van der Waals surface area contributed by atoms with Gasteiger partial charge in [-0.3, -0.25) is 4.79 Å². The summed E-state index contributed by atoms with van der Waals surface area (Å²) in [6.45, 7) is 1.46. The Balaban J connectivity index is 2.39. The number of nitrogens with zero attached hydrogens (tertiary/aromatic N) is 2. The van der Waals surface area contributed by atoms with Crippen LogP contribution in [-0.4, -0.2) is 23.0 Å². The highest BCUT2D eigenvalue weighted by Gasteiger charge is 2.07. The van der Waals surface area contributed by atoms with Gasteiger partial charge in [0.05, 0.1) is 12.8 Å². The average Bonchev–Trinajstić information content (AvgIpc) is 2.39. The van der Waals surface area contributed by atoms with E-state index in [4.69, 9.17) is 4.74 Å². The largest absolute Gasteiger partial charge is 0.495 e. The minimum Gasteiger partial charge on any atom is -0.495 e. The predicted molar refractivity (Wildman–Crippen MR) is 68.3 cm³/mol. The van der Waals surface area contributed by atoms with Crippen molar-refractivity contribution in [2.24, 2.45) is 0 Å². The van der Waals surface area contributed by atoms with Crippen LogP contribution in [0, 0.1) is 0 Å². The predicted octanol–water partition coefficient (Wildman–Crippen LogP) is 2.11. The van der Waals surface area contributed by atoms with Crippen LogP contribution < -0.4 is 10.1 Å². The first kappa shape index (κ1) is 12.0. The third-order valence-electron chi connectivity index (χ3n) is 2.41. The summed E-state index contributed by atoms with van der Waals surface area (Å²) in [6.07, 6.45) is 4.92. The summed E-state index contributed by atoms with van der Waals surface area (Å²) < 4.78 is 5.25. The van der Waals surface area contributed by atoms with Gasteiger partial charge in [-0.1, -0.05) is 6.07 Å². The molecular formula is C13H13N3O2. The van der Waals surface area contributed by atoms with Crippen molar-refractivity contribution in [3.63, 3.8) is 0 Å². The van der Waals surface area contributed by atoms with Gasteiger partial charge in [-0.05, 0) is 17.7 Å². The molecule has 0 radical (unpaired) electrons. The topological polar surface area (TPSA) is 64.1 Å². The molecule has 0 aliphatic rings. The number of benzene rings is 1. The van der Waals surface area contributed by atoms with Gasteiger partial charge in [0.1, 0.15) is 12.1 Å². The van der Waals surface area contributed by atoms with Crippen LogP contribution in [0.1, 0.15) is 6.92 Å². The molecular weight excluding hydrogens is 230 g/mol. The standard InChI is InChI=1S/C13H13N3O2/c1-9(17)16-12-4-3-10(5-13(12)18-2)11-6-14-8-15-7-11/h3-8H,1-2H3,(H,16,17). The first-order valence-corrected chi connectivity index (χ1v) is 5.41. The van der Waals surface area contributed by atoms with Crippen molar-refractivity contribution in [2.75, 3.05) is 12.4 Å². The summed E-state index contributed by atoms with van der Waals surface area (Å²) in [6, 6.07) is 5.51. The van der Waals surface area contributed by atoms with Crippen LogP contribution in [0.4, 0.5) is 5.69 Å². The normalized spacial score (nSPS) is 9.89. The lowest BCUT2D eigenvalue weighted by Gasteiger charge is -2.10. The number of nitrogens with one attached hydrogen (secondary N) is 1. The minimum absolute atomic E-state index is 0.135. The molecule has 0 aliphatic carbocycles. The molecule has 2 rings (SSSR count). The lowest BCUT2D eigenvalue weighted by Crippen LogP contribution is -2.07. The Labute approximate surface area is 105 Å². The van der Waals surface area contributed by atoms with E-state index in [2.05, 4.69) is 15.3 Å². The molecule has 0 fully saturated rings. The maximum atomic E-state index is 11.0. The van der Waals surface area contributed by atoms with Crippen molar-refractivity contribution in [2.45, 2.75) is 6.92 Å². The van der Waals surface area contributed by atoms with E-state index in [0.29, 0.717) is 11.4 Å². The van der Waals surface area contributed by atoms with Crippen LogP contribution in [-0.2, 0) is 4.79 Å². The van der Waals surface area contributed by atoms with Crippen LogP contribution >= 0.6 is 0 Å². The number of hydrogen-bond donors (Lipinski definition) is 1. The van der Waals surface area contributed by atoms with Gasteiger partial charge in [0.15, 0.2) is 0 Å². The van der Waals surface area contributed by atoms with E-state index in [9.17, 15) is 4.79 Å². The van der Waals surface area contributed by atoms with Crippen molar-refractivity contribution in [1.29, 1.82) is 0 Å². The van der Waals surface area contributed by atoms with Crippen LogP contribution in [0.3, 0.4) is 0 Å². The fourth-order valence-corrected chi connectivity index (χ4v) is 1.61. The molecule has 1 aromatic carbocycles. The van der Waals surface area contributed by atoms with Crippen molar-refractivity contribution in [3.05, 3.63) is 36.9 Å². The fourth-order valence-electron chi connectivity index (χ4n) is 1.61. The molecule has 0 aliphatic heterocycles. The summed E-state index contributed by atoms with van der Waals surface area (Å²) in [5.74, 6) is 0.468. The molecule has 1 heterocycles. The lowest BCUT2D eigenvalue weighted by molar-refractivity contribution is -0.114. The molecule has 1 aromatic heterocycles. The Morgan fingerprint density at radius 3 is 2.56 bits per heavy atom. The minimum atomic E-state index is -0.135. The summed E-state index contributed by atoms with van der Waals surface area (Å²) in [4.78, 5) is 19.0. The second-order valence-electron chi connectivity index (χ2n) is 3.72. The van der Waals surface area contributed by atoms with Gasteiger partial charge in [0.25, 0.3) is 0 Å². The van der Waals surface area contributed by atoms with Crippen LogP contribution in [0.15, 0.2) is 36.9 Å². The molecule has 2 aromatic rings. The summed E-state index contributed by atoms with van der Waals surface area (Å²) >= 11 is 0. The van der Waals surface area contributed by atoms with Crippen LogP contribution in [0.2, 0.25) is 0 Å².